The second kappa shape index (κ2) is 8.03. The van der Waals surface area contributed by atoms with Gasteiger partial charge in [0, 0.05) is 18.5 Å². The molecule has 1 nitrogen and oxygen atoms in total. The van der Waals surface area contributed by atoms with Gasteiger partial charge in [-0.15, -0.1) is 0 Å². The van der Waals surface area contributed by atoms with Crippen LogP contribution in [0.15, 0.2) is 0 Å². The Hall–Kier alpha value is -0.250. The summed E-state index contributed by atoms with van der Waals surface area (Å²) in [7, 11) is 0. The van der Waals surface area contributed by atoms with Crippen LogP contribution in [0.2, 0.25) is 0 Å². The summed E-state index contributed by atoms with van der Waals surface area (Å²) in [5.41, 5.74) is 0. The van der Waals surface area contributed by atoms with E-state index in [0.717, 1.165) is 0 Å². The van der Waals surface area contributed by atoms with Crippen molar-refractivity contribution in [3.8, 4) is 0 Å². The fourth-order valence-electron chi connectivity index (χ4n) is 2.72. The van der Waals surface area contributed by atoms with E-state index in [1.165, 1.54) is 44.9 Å². The molecule has 0 saturated heterocycles. The smallest absolute Gasteiger partial charge is 0.312 e. The zero-order valence-electron chi connectivity index (χ0n) is 11.4. The van der Waals surface area contributed by atoms with Gasteiger partial charge in [0.1, 0.15) is 0 Å². The van der Waals surface area contributed by atoms with Gasteiger partial charge in [0.25, 0.3) is 0 Å². The van der Waals surface area contributed by atoms with E-state index in [4.69, 9.17) is 0 Å². The van der Waals surface area contributed by atoms with E-state index < -0.39 is 12.6 Å². The van der Waals surface area contributed by atoms with E-state index in [2.05, 4.69) is 5.32 Å². The highest BCUT2D eigenvalue weighted by Gasteiger charge is 2.26. The van der Waals surface area contributed by atoms with E-state index in [9.17, 15) is 13.2 Å². The first-order valence-electron chi connectivity index (χ1n) is 7.30. The predicted molar refractivity (Wildman–Crippen MR) is 68.6 cm³/mol. The number of halogens is 3. The lowest BCUT2D eigenvalue weighted by atomic mass is 9.96. The van der Waals surface area contributed by atoms with Gasteiger partial charge in [0.2, 0.25) is 0 Å². The molecule has 0 heterocycles. The number of alkyl halides is 3. The van der Waals surface area contributed by atoms with Gasteiger partial charge in [0.05, 0.1) is 0 Å². The SMILES string of the molecule is CC(CCCC(F)(F)F)NC1CCCCCCC1. The molecule has 1 N–H and O–H groups in total. The summed E-state index contributed by atoms with van der Waals surface area (Å²) in [6, 6.07) is 0.725. The molecular formula is C14H26F3N. The van der Waals surface area contributed by atoms with Gasteiger partial charge in [-0.25, -0.2) is 0 Å². The highest BCUT2D eigenvalue weighted by Crippen LogP contribution is 2.23. The number of hydrogen-bond donors (Lipinski definition) is 1. The molecule has 1 atom stereocenters. The highest BCUT2D eigenvalue weighted by molar-refractivity contribution is 4.73. The Morgan fingerprint density at radius 3 is 2.17 bits per heavy atom. The maximum Gasteiger partial charge on any atom is 0.389 e. The molecule has 0 aromatic rings. The Morgan fingerprint density at radius 1 is 1.06 bits per heavy atom. The molecule has 0 radical (unpaired) electrons. The van der Waals surface area contributed by atoms with Gasteiger partial charge in [0.15, 0.2) is 0 Å². The van der Waals surface area contributed by atoms with Crippen molar-refractivity contribution in [3.63, 3.8) is 0 Å². The molecular weight excluding hydrogens is 239 g/mol. The first kappa shape index (κ1) is 15.8. The zero-order chi connectivity index (χ0) is 13.4. The van der Waals surface area contributed by atoms with Gasteiger partial charge in [-0.3, -0.25) is 0 Å². The summed E-state index contributed by atoms with van der Waals surface area (Å²) in [6.07, 6.45) is 5.05. The minimum atomic E-state index is -4.00. The lowest BCUT2D eigenvalue weighted by Crippen LogP contribution is -2.37. The van der Waals surface area contributed by atoms with Gasteiger partial charge in [-0.1, -0.05) is 32.1 Å². The molecule has 0 spiro atoms. The standard InChI is InChI=1S/C14H26F3N/c1-12(8-7-11-14(15,16)17)18-13-9-5-3-2-4-6-10-13/h12-13,18H,2-11H2,1H3. The van der Waals surface area contributed by atoms with E-state index in [0.29, 0.717) is 12.5 Å². The third-order valence-electron chi connectivity index (χ3n) is 3.72. The Kier molecular flexibility index (Phi) is 7.05. The average Bonchev–Trinajstić information content (AvgIpc) is 2.20. The molecule has 4 heteroatoms. The van der Waals surface area contributed by atoms with Crippen LogP contribution in [0.25, 0.3) is 0 Å². The molecule has 0 bridgehead atoms. The second-order valence-corrected chi connectivity index (χ2v) is 5.62. The minimum Gasteiger partial charge on any atom is -0.312 e. The quantitative estimate of drug-likeness (QED) is 0.752. The van der Waals surface area contributed by atoms with Crippen LogP contribution in [0.4, 0.5) is 13.2 Å². The van der Waals surface area contributed by atoms with Crippen LogP contribution < -0.4 is 5.32 Å². The predicted octanol–water partition coefficient (Wildman–Crippen LogP) is 4.81. The van der Waals surface area contributed by atoms with Crippen LogP contribution in [-0.2, 0) is 0 Å². The van der Waals surface area contributed by atoms with Gasteiger partial charge in [-0.05, 0) is 32.6 Å². The summed E-state index contributed by atoms with van der Waals surface area (Å²) in [4.78, 5) is 0. The van der Waals surface area contributed by atoms with E-state index in [1.54, 1.807) is 0 Å². The van der Waals surface area contributed by atoms with Crippen molar-refractivity contribution in [1.29, 1.82) is 0 Å². The van der Waals surface area contributed by atoms with E-state index in [1.807, 2.05) is 6.92 Å². The Balaban J connectivity index is 2.15. The normalized spacial score (nSPS) is 21.3. The highest BCUT2D eigenvalue weighted by atomic mass is 19.4. The number of nitrogens with one attached hydrogen (secondary N) is 1. The molecule has 108 valence electrons. The van der Waals surface area contributed by atoms with Crippen LogP contribution in [0, 0.1) is 0 Å². The largest absolute Gasteiger partial charge is 0.389 e. The fourth-order valence-corrected chi connectivity index (χ4v) is 2.72. The molecule has 1 unspecified atom stereocenters. The average molecular weight is 265 g/mol. The molecule has 18 heavy (non-hydrogen) atoms. The second-order valence-electron chi connectivity index (χ2n) is 5.62. The van der Waals surface area contributed by atoms with Crippen LogP contribution in [0.1, 0.15) is 71.1 Å². The maximum absolute atomic E-state index is 12.0. The Labute approximate surface area is 109 Å². The molecule has 1 rings (SSSR count). The lowest BCUT2D eigenvalue weighted by molar-refractivity contribution is -0.135. The van der Waals surface area contributed by atoms with Crippen LogP contribution in [0.5, 0.6) is 0 Å². The zero-order valence-corrected chi connectivity index (χ0v) is 11.4. The molecule has 0 amide bonds. The van der Waals surface area contributed by atoms with Crippen molar-refractivity contribution < 1.29 is 13.2 Å². The molecule has 0 aromatic carbocycles. The van der Waals surface area contributed by atoms with Gasteiger partial charge in [-0.2, -0.15) is 13.2 Å². The maximum atomic E-state index is 12.0. The van der Waals surface area contributed by atoms with Crippen molar-refractivity contribution in [1.82, 2.24) is 5.32 Å². The molecule has 1 fully saturated rings. The molecule has 1 saturated carbocycles. The Morgan fingerprint density at radius 2 is 1.61 bits per heavy atom. The van der Waals surface area contributed by atoms with Gasteiger partial charge < -0.3 is 5.32 Å². The minimum absolute atomic E-state index is 0.205. The summed E-state index contributed by atoms with van der Waals surface area (Å²) in [5, 5.41) is 3.51. The van der Waals surface area contributed by atoms with Gasteiger partial charge >= 0.3 is 6.18 Å². The van der Waals surface area contributed by atoms with Crippen LogP contribution in [-0.4, -0.2) is 18.3 Å². The summed E-state index contributed by atoms with van der Waals surface area (Å²) < 4.78 is 36.1. The van der Waals surface area contributed by atoms with E-state index >= 15 is 0 Å². The number of rotatable bonds is 5. The monoisotopic (exact) mass is 265 g/mol. The molecule has 1 aliphatic rings. The summed E-state index contributed by atoms with van der Waals surface area (Å²) in [6.45, 7) is 2.01. The van der Waals surface area contributed by atoms with Crippen molar-refractivity contribution in [2.75, 3.05) is 0 Å². The molecule has 1 aliphatic carbocycles. The van der Waals surface area contributed by atoms with Crippen molar-refractivity contribution in [3.05, 3.63) is 0 Å². The summed E-state index contributed by atoms with van der Waals surface area (Å²) in [5.74, 6) is 0. The molecule has 0 aliphatic heterocycles. The van der Waals surface area contributed by atoms with Crippen molar-refractivity contribution >= 4 is 0 Å². The molecule has 0 aromatic heterocycles. The third-order valence-corrected chi connectivity index (χ3v) is 3.72. The lowest BCUT2D eigenvalue weighted by Gasteiger charge is -2.25. The number of hydrogen-bond acceptors (Lipinski definition) is 1. The topological polar surface area (TPSA) is 12.0 Å². The van der Waals surface area contributed by atoms with Crippen molar-refractivity contribution in [2.24, 2.45) is 0 Å². The first-order valence-corrected chi connectivity index (χ1v) is 7.30. The van der Waals surface area contributed by atoms with Crippen LogP contribution in [0.3, 0.4) is 0 Å². The van der Waals surface area contributed by atoms with E-state index in [-0.39, 0.29) is 12.5 Å². The summed E-state index contributed by atoms with van der Waals surface area (Å²) >= 11 is 0. The third kappa shape index (κ3) is 7.96. The fraction of sp³-hybridized carbons (Fsp3) is 1.00. The van der Waals surface area contributed by atoms with Crippen molar-refractivity contribution in [2.45, 2.75) is 89.4 Å². The first-order chi connectivity index (χ1) is 8.47. The Bertz CT molecular complexity index is 208. The van der Waals surface area contributed by atoms with Crippen LogP contribution >= 0.6 is 0 Å².